The molecule has 1 heterocycles. The van der Waals surface area contributed by atoms with Crippen molar-refractivity contribution in [3.8, 4) is 0 Å². The summed E-state index contributed by atoms with van der Waals surface area (Å²) in [6, 6.07) is 4.03. The molecule has 0 saturated carbocycles. The van der Waals surface area contributed by atoms with Crippen molar-refractivity contribution in [1.29, 1.82) is 0 Å². The van der Waals surface area contributed by atoms with Crippen molar-refractivity contribution in [2.75, 3.05) is 33.2 Å². The number of rotatable bonds is 6. The van der Waals surface area contributed by atoms with Gasteiger partial charge in [-0.2, -0.15) is 0 Å². The molecule has 4 heteroatoms. The van der Waals surface area contributed by atoms with E-state index in [1.54, 1.807) is 0 Å². The lowest BCUT2D eigenvalue weighted by molar-refractivity contribution is 0.0915. The number of aryl methyl sites for hydroxylation is 2. The Balaban J connectivity index is 2.12. The molecule has 1 aliphatic rings. The molecule has 0 atom stereocenters. The van der Waals surface area contributed by atoms with Gasteiger partial charge in [0.15, 0.2) is 5.78 Å². The normalized spacial score (nSPS) is 16.0. The van der Waals surface area contributed by atoms with E-state index in [4.69, 9.17) is 0 Å². The van der Waals surface area contributed by atoms with Gasteiger partial charge in [-0.25, -0.2) is 4.99 Å². The van der Waals surface area contributed by atoms with Gasteiger partial charge in [0.1, 0.15) is 0 Å². The van der Waals surface area contributed by atoms with Crippen LogP contribution in [0.5, 0.6) is 0 Å². The Labute approximate surface area is 140 Å². The molecule has 23 heavy (non-hydrogen) atoms. The monoisotopic (exact) mass is 315 g/mol. The van der Waals surface area contributed by atoms with Gasteiger partial charge in [-0.3, -0.25) is 9.69 Å². The fourth-order valence-corrected chi connectivity index (χ4v) is 2.89. The van der Waals surface area contributed by atoms with Crippen LogP contribution in [0.4, 0.5) is 5.69 Å². The quantitative estimate of drug-likeness (QED) is 0.457. The standard InChI is InChI=1S/C19H29N3O/c1-5-21(4)14-20-18-12-15(2)17(11-16(18)3)19(23)13-22-9-7-6-8-10-22/h11-12,14H,5-10,13H2,1-4H3. The summed E-state index contributed by atoms with van der Waals surface area (Å²) < 4.78 is 0. The van der Waals surface area contributed by atoms with Crippen LogP contribution >= 0.6 is 0 Å². The van der Waals surface area contributed by atoms with Gasteiger partial charge in [-0.15, -0.1) is 0 Å². The third kappa shape index (κ3) is 4.90. The summed E-state index contributed by atoms with van der Waals surface area (Å²) in [5.74, 6) is 0.230. The van der Waals surface area contributed by atoms with E-state index < -0.39 is 0 Å². The first kappa shape index (κ1) is 17.7. The van der Waals surface area contributed by atoms with Gasteiger partial charge < -0.3 is 4.90 Å². The van der Waals surface area contributed by atoms with Gasteiger partial charge in [0.25, 0.3) is 0 Å². The molecular weight excluding hydrogens is 286 g/mol. The van der Waals surface area contributed by atoms with Crippen LogP contribution in [0.3, 0.4) is 0 Å². The van der Waals surface area contributed by atoms with Gasteiger partial charge >= 0.3 is 0 Å². The minimum absolute atomic E-state index is 0.230. The van der Waals surface area contributed by atoms with Crippen LogP contribution in [-0.4, -0.2) is 55.1 Å². The van der Waals surface area contributed by atoms with Gasteiger partial charge in [-0.05, 0) is 70.0 Å². The zero-order valence-electron chi connectivity index (χ0n) is 14.9. The summed E-state index contributed by atoms with van der Waals surface area (Å²) >= 11 is 0. The number of aliphatic imine (C=N–C) groups is 1. The molecule has 0 spiro atoms. The second kappa shape index (κ2) is 8.25. The molecule has 1 aromatic rings. The number of hydrogen-bond acceptors (Lipinski definition) is 3. The molecule has 126 valence electrons. The molecular formula is C19H29N3O. The molecule has 0 radical (unpaired) electrons. The van der Waals surface area contributed by atoms with Crippen molar-refractivity contribution in [2.45, 2.75) is 40.0 Å². The van der Waals surface area contributed by atoms with Crippen molar-refractivity contribution in [2.24, 2.45) is 4.99 Å². The summed E-state index contributed by atoms with van der Waals surface area (Å²) in [5, 5.41) is 0. The lowest BCUT2D eigenvalue weighted by Gasteiger charge is -2.25. The van der Waals surface area contributed by atoms with Gasteiger partial charge in [0.05, 0.1) is 18.6 Å². The van der Waals surface area contributed by atoms with E-state index in [0.29, 0.717) is 6.54 Å². The van der Waals surface area contributed by atoms with Crippen molar-refractivity contribution in [3.05, 3.63) is 28.8 Å². The summed E-state index contributed by atoms with van der Waals surface area (Å²) in [7, 11) is 2.00. The second-order valence-electron chi connectivity index (χ2n) is 6.53. The SMILES string of the molecule is CCN(C)C=Nc1cc(C)c(C(=O)CN2CCCCC2)cc1C. The average Bonchev–Trinajstić information content (AvgIpc) is 2.55. The third-order valence-electron chi connectivity index (χ3n) is 4.55. The molecule has 0 unspecified atom stereocenters. The predicted octanol–water partition coefficient (Wildman–Crippen LogP) is 3.58. The highest BCUT2D eigenvalue weighted by atomic mass is 16.1. The Morgan fingerprint density at radius 1 is 1.22 bits per heavy atom. The Kier molecular flexibility index (Phi) is 6.34. The number of benzene rings is 1. The largest absolute Gasteiger partial charge is 0.366 e. The maximum atomic E-state index is 12.6. The first-order chi connectivity index (χ1) is 11.0. The molecule has 2 rings (SSSR count). The molecule has 0 aliphatic carbocycles. The first-order valence-corrected chi connectivity index (χ1v) is 8.62. The zero-order valence-corrected chi connectivity index (χ0v) is 14.9. The Morgan fingerprint density at radius 3 is 2.57 bits per heavy atom. The average molecular weight is 315 g/mol. The van der Waals surface area contributed by atoms with Crippen LogP contribution in [-0.2, 0) is 0 Å². The van der Waals surface area contributed by atoms with Crippen LogP contribution in [0, 0.1) is 13.8 Å². The van der Waals surface area contributed by atoms with E-state index in [0.717, 1.165) is 42.0 Å². The molecule has 1 aromatic carbocycles. The van der Waals surface area contributed by atoms with Crippen LogP contribution in [0.15, 0.2) is 17.1 Å². The Hall–Kier alpha value is -1.68. The summed E-state index contributed by atoms with van der Waals surface area (Å²) in [6.45, 7) is 9.69. The van der Waals surface area contributed by atoms with Crippen LogP contribution < -0.4 is 0 Å². The lowest BCUT2D eigenvalue weighted by atomic mass is 9.99. The second-order valence-corrected chi connectivity index (χ2v) is 6.53. The van der Waals surface area contributed by atoms with Crippen molar-refractivity contribution < 1.29 is 4.79 Å². The summed E-state index contributed by atoms with van der Waals surface area (Å²) in [6.07, 6.45) is 5.56. The summed E-state index contributed by atoms with van der Waals surface area (Å²) in [5.41, 5.74) is 3.86. The summed E-state index contributed by atoms with van der Waals surface area (Å²) in [4.78, 5) is 21.5. The van der Waals surface area contributed by atoms with Gasteiger partial charge in [-0.1, -0.05) is 6.42 Å². The van der Waals surface area contributed by atoms with E-state index in [9.17, 15) is 4.79 Å². The first-order valence-electron chi connectivity index (χ1n) is 8.62. The highest BCUT2D eigenvalue weighted by Crippen LogP contribution is 2.24. The van der Waals surface area contributed by atoms with Crippen molar-refractivity contribution in [1.82, 2.24) is 9.80 Å². The smallest absolute Gasteiger partial charge is 0.177 e. The third-order valence-corrected chi connectivity index (χ3v) is 4.55. The molecule has 1 fully saturated rings. The number of carbonyl (C=O) groups excluding carboxylic acids is 1. The number of Topliss-reactive ketones (excluding diaryl/α,β-unsaturated/α-hetero) is 1. The van der Waals surface area contributed by atoms with E-state index in [2.05, 4.69) is 16.8 Å². The number of ketones is 1. The van der Waals surface area contributed by atoms with E-state index >= 15 is 0 Å². The number of nitrogens with zero attached hydrogens (tertiary/aromatic N) is 3. The van der Waals surface area contributed by atoms with Gasteiger partial charge in [0, 0.05) is 19.2 Å². The number of likely N-dealkylation sites (tertiary alicyclic amines) is 1. The zero-order chi connectivity index (χ0) is 16.8. The topological polar surface area (TPSA) is 35.9 Å². The highest BCUT2D eigenvalue weighted by molar-refractivity contribution is 5.99. The minimum Gasteiger partial charge on any atom is -0.366 e. The van der Waals surface area contributed by atoms with E-state index in [-0.39, 0.29) is 5.78 Å². The Bertz CT molecular complexity index is 574. The number of piperidine rings is 1. The van der Waals surface area contributed by atoms with Crippen LogP contribution in [0.25, 0.3) is 0 Å². The highest BCUT2D eigenvalue weighted by Gasteiger charge is 2.17. The molecule has 0 amide bonds. The lowest BCUT2D eigenvalue weighted by Crippen LogP contribution is -2.34. The molecule has 0 bridgehead atoms. The van der Waals surface area contributed by atoms with Gasteiger partial charge in [0.2, 0.25) is 0 Å². The Morgan fingerprint density at radius 2 is 1.91 bits per heavy atom. The van der Waals surface area contributed by atoms with Crippen molar-refractivity contribution in [3.63, 3.8) is 0 Å². The van der Waals surface area contributed by atoms with E-state index in [1.165, 1.54) is 19.3 Å². The minimum atomic E-state index is 0.230. The fourth-order valence-electron chi connectivity index (χ4n) is 2.89. The fraction of sp³-hybridized carbons (Fsp3) is 0.579. The van der Waals surface area contributed by atoms with Crippen LogP contribution in [0.1, 0.15) is 47.7 Å². The van der Waals surface area contributed by atoms with E-state index in [1.807, 2.05) is 44.3 Å². The van der Waals surface area contributed by atoms with Crippen LogP contribution in [0.2, 0.25) is 0 Å². The molecule has 4 nitrogen and oxygen atoms in total. The molecule has 1 aliphatic heterocycles. The maximum Gasteiger partial charge on any atom is 0.177 e. The number of hydrogen-bond donors (Lipinski definition) is 0. The molecule has 1 saturated heterocycles. The number of carbonyl (C=O) groups is 1. The van der Waals surface area contributed by atoms with Crippen molar-refractivity contribution >= 4 is 17.8 Å². The molecule has 0 aromatic heterocycles. The predicted molar refractivity (Wildman–Crippen MR) is 97.0 cm³/mol. The molecule has 0 N–H and O–H groups in total. The maximum absolute atomic E-state index is 12.6.